The van der Waals surface area contributed by atoms with Gasteiger partial charge in [0.25, 0.3) is 5.78 Å². The highest BCUT2D eigenvalue weighted by atomic mass is 32.2. The number of aryl methyl sites for hydroxylation is 1. The largest absolute Gasteiger partial charge is 0.294 e. The van der Waals surface area contributed by atoms with Crippen molar-refractivity contribution in [2.75, 3.05) is 6.26 Å². The van der Waals surface area contributed by atoms with Crippen molar-refractivity contribution >= 4 is 23.3 Å². The first-order valence-electron chi connectivity index (χ1n) is 4.41. The quantitative estimate of drug-likeness (QED) is 0.567. The van der Waals surface area contributed by atoms with E-state index in [1.807, 2.05) is 6.26 Å². The molecular formula is C9H10N4OS. The van der Waals surface area contributed by atoms with Gasteiger partial charge in [-0.3, -0.25) is 4.79 Å². The van der Waals surface area contributed by atoms with E-state index in [1.165, 1.54) is 23.2 Å². The molecule has 0 saturated carbocycles. The number of hydrogen-bond acceptors (Lipinski definition) is 5. The topological polar surface area (TPSA) is 60.2 Å². The Morgan fingerprint density at radius 1 is 1.47 bits per heavy atom. The van der Waals surface area contributed by atoms with Crippen LogP contribution in [0.1, 0.15) is 23.0 Å². The van der Waals surface area contributed by atoms with Crippen molar-refractivity contribution in [3.63, 3.8) is 0 Å². The van der Waals surface area contributed by atoms with Crippen molar-refractivity contribution in [1.82, 2.24) is 19.6 Å². The van der Waals surface area contributed by atoms with Crippen LogP contribution in [0.4, 0.5) is 0 Å². The van der Waals surface area contributed by atoms with Crippen molar-refractivity contribution < 1.29 is 4.79 Å². The van der Waals surface area contributed by atoms with Gasteiger partial charge in [0.15, 0.2) is 5.78 Å². The third-order valence-electron chi connectivity index (χ3n) is 2.06. The predicted octanol–water partition coefficient (Wildman–Crippen LogP) is 1.36. The number of nitrogens with zero attached hydrogens (tertiary/aromatic N) is 4. The maximum Gasteiger partial charge on any atom is 0.253 e. The smallest absolute Gasteiger partial charge is 0.253 e. The van der Waals surface area contributed by atoms with Gasteiger partial charge >= 0.3 is 0 Å². The molecule has 0 aliphatic heterocycles. The first-order valence-corrected chi connectivity index (χ1v) is 5.63. The Labute approximate surface area is 90.9 Å². The maximum absolute atomic E-state index is 11.3. The Balaban J connectivity index is 2.68. The van der Waals surface area contributed by atoms with Gasteiger partial charge in [-0.2, -0.15) is 4.98 Å². The number of thioether (sulfide) groups is 1. The molecule has 0 aliphatic rings. The van der Waals surface area contributed by atoms with Gasteiger partial charge in [0.2, 0.25) is 5.16 Å². The lowest BCUT2D eigenvalue weighted by molar-refractivity contribution is 0.101. The second-order valence-electron chi connectivity index (χ2n) is 3.14. The summed E-state index contributed by atoms with van der Waals surface area (Å²) < 4.78 is 1.54. The van der Waals surface area contributed by atoms with Gasteiger partial charge in [-0.25, -0.2) is 9.50 Å². The fourth-order valence-corrected chi connectivity index (χ4v) is 1.66. The molecule has 6 heteroatoms. The van der Waals surface area contributed by atoms with E-state index in [0.717, 1.165) is 0 Å². The normalized spacial score (nSPS) is 10.9. The molecule has 0 amide bonds. The molecule has 0 radical (unpaired) electrons. The van der Waals surface area contributed by atoms with Crippen LogP contribution in [0.25, 0.3) is 5.78 Å². The fraction of sp³-hybridized carbons (Fsp3) is 0.333. The zero-order valence-corrected chi connectivity index (χ0v) is 9.50. The molecule has 0 fully saturated rings. The molecule has 2 heterocycles. The van der Waals surface area contributed by atoms with Crippen LogP contribution in [-0.4, -0.2) is 31.6 Å². The minimum absolute atomic E-state index is 0.0110. The molecule has 2 rings (SSSR count). The highest BCUT2D eigenvalue weighted by Crippen LogP contribution is 2.12. The summed E-state index contributed by atoms with van der Waals surface area (Å²) in [6.07, 6.45) is 3.57. The van der Waals surface area contributed by atoms with Crippen LogP contribution in [-0.2, 0) is 0 Å². The van der Waals surface area contributed by atoms with Gasteiger partial charge in [0, 0.05) is 6.20 Å². The Morgan fingerprint density at radius 2 is 2.20 bits per heavy atom. The van der Waals surface area contributed by atoms with E-state index in [0.29, 0.717) is 22.2 Å². The first kappa shape index (κ1) is 10.1. The zero-order chi connectivity index (χ0) is 11.0. The van der Waals surface area contributed by atoms with Crippen molar-refractivity contribution in [1.29, 1.82) is 0 Å². The van der Waals surface area contributed by atoms with Gasteiger partial charge in [0.1, 0.15) is 0 Å². The van der Waals surface area contributed by atoms with Crippen molar-refractivity contribution in [3.05, 3.63) is 17.5 Å². The molecular weight excluding hydrogens is 212 g/mol. The number of ketones is 1. The van der Waals surface area contributed by atoms with Crippen LogP contribution < -0.4 is 0 Å². The molecule has 0 N–H and O–H groups in total. The van der Waals surface area contributed by atoms with E-state index in [-0.39, 0.29) is 5.78 Å². The number of hydrogen-bond donors (Lipinski definition) is 0. The number of carbonyl (C=O) groups is 1. The van der Waals surface area contributed by atoms with Crippen LogP contribution in [0.15, 0.2) is 11.4 Å². The third-order valence-corrected chi connectivity index (χ3v) is 2.60. The molecule has 2 aromatic heterocycles. The summed E-state index contributed by atoms with van der Waals surface area (Å²) in [7, 11) is 0. The van der Waals surface area contributed by atoms with E-state index >= 15 is 0 Å². The molecule has 0 spiro atoms. The predicted molar refractivity (Wildman–Crippen MR) is 57.3 cm³/mol. The lowest BCUT2D eigenvalue weighted by atomic mass is 10.2. The average molecular weight is 222 g/mol. The second-order valence-corrected chi connectivity index (χ2v) is 3.91. The molecule has 0 unspecified atom stereocenters. The Kier molecular flexibility index (Phi) is 2.44. The molecule has 0 atom stereocenters. The summed E-state index contributed by atoms with van der Waals surface area (Å²) in [5.74, 6) is 0.518. The monoisotopic (exact) mass is 222 g/mol. The molecule has 15 heavy (non-hydrogen) atoms. The van der Waals surface area contributed by atoms with Crippen LogP contribution in [0.3, 0.4) is 0 Å². The lowest BCUT2D eigenvalue weighted by Gasteiger charge is -1.99. The van der Waals surface area contributed by atoms with E-state index in [2.05, 4.69) is 15.1 Å². The third kappa shape index (κ3) is 1.72. The van der Waals surface area contributed by atoms with Gasteiger partial charge in [-0.15, -0.1) is 5.10 Å². The maximum atomic E-state index is 11.3. The van der Waals surface area contributed by atoms with Crippen molar-refractivity contribution in [2.45, 2.75) is 19.0 Å². The SMILES string of the molecule is CSc1nc2nc(C)c(C(C)=O)cn2n1. The zero-order valence-electron chi connectivity index (χ0n) is 8.68. The summed E-state index contributed by atoms with van der Waals surface area (Å²) in [5.41, 5.74) is 1.27. The number of rotatable bonds is 2. The lowest BCUT2D eigenvalue weighted by Crippen LogP contribution is -2.03. The Morgan fingerprint density at radius 3 is 2.80 bits per heavy atom. The van der Waals surface area contributed by atoms with Gasteiger partial charge in [0.05, 0.1) is 11.3 Å². The first-order chi connectivity index (χ1) is 7.11. The molecule has 0 aliphatic carbocycles. The minimum Gasteiger partial charge on any atom is -0.294 e. The summed E-state index contributed by atoms with van der Waals surface area (Å²) in [5, 5.41) is 4.82. The summed E-state index contributed by atoms with van der Waals surface area (Å²) in [4.78, 5) is 19.7. The highest BCUT2D eigenvalue weighted by Gasteiger charge is 2.10. The van der Waals surface area contributed by atoms with Gasteiger partial charge < -0.3 is 0 Å². The Hall–Kier alpha value is -1.43. The molecule has 5 nitrogen and oxygen atoms in total. The van der Waals surface area contributed by atoms with E-state index in [1.54, 1.807) is 13.1 Å². The number of fused-ring (bicyclic) bond motifs is 1. The van der Waals surface area contributed by atoms with Gasteiger partial charge in [-0.05, 0) is 20.1 Å². The van der Waals surface area contributed by atoms with E-state index < -0.39 is 0 Å². The number of aromatic nitrogens is 4. The van der Waals surface area contributed by atoms with Crippen LogP contribution in [0, 0.1) is 6.92 Å². The highest BCUT2D eigenvalue weighted by molar-refractivity contribution is 7.98. The number of Topliss-reactive ketones (excluding diaryl/α,β-unsaturated/α-hetero) is 1. The number of carbonyl (C=O) groups excluding carboxylic acids is 1. The molecule has 0 saturated heterocycles. The minimum atomic E-state index is -0.0110. The molecule has 2 aromatic rings. The average Bonchev–Trinajstić information content (AvgIpc) is 2.58. The van der Waals surface area contributed by atoms with Crippen LogP contribution in [0.2, 0.25) is 0 Å². The fourth-order valence-electron chi connectivity index (χ4n) is 1.32. The Bertz CT molecular complexity index is 534. The van der Waals surface area contributed by atoms with E-state index in [9.17, 15) is 4.79 Å². The summed E-state index contributed by atoms with van der Waals surface area (Å²) >= 11 is 1.45. The van der Waals surface area contributed by atoms with Crippen LogP contribution >= 0.6 is 11.8 Å². The second kappa shape index (κ2) is 3.62. The standard InChI is InChI=1S/C9H10N4OS/c1-5-7(6(2)14)4-13-8(10-5)11-9(12-13)15-3/h4H,1-3H3. The molecule has 0 aromatic carbocycles. The summed E-state index contributed by atoms with van der Waals surface area (Å²) in [6, 6.07) is 0. The summed E-state index contributed by atoms with van der Waals surface area (Å²) in [6.45, 7) is 3.31. The van der Waals surface area contributed by atoms with Crippen molar-refractivity contribution in [3.8, 4) is 0 Å². The van der Waals surface area contributed by atoms with Crippen molar-refractivity contribution in [2.24, 2.45) is 0 Å². The molecule has 0 bridgehead atoms. The van der Waals surface area contributed by atoms with Crippen LogP contribution in [0.5, 0.6) is 0 Å². The van der Waals surface area contributed by atoms with Gasteiger partial charge in [-0.1, -0.05) is 11.8 Å². The van der Waals surface area contributed by atoms with E-state index in [4.69, 9.17) is 0 Å². The molecule has 78 valence electrons.